The first-order chi connectivity index (χ1) is 19.7. The summed E-state index contributed by atoms with van der Waals surface area (Å²) < 4.78 is 62.5. The number of rotatable bonds is 7. The summed E-state index contributed by atoms with van der Waals surface area (Å²) in [4.78, 5) is 18.7. The third-order valence-corrected chi connectivity index (χ3v) is 9.64. The largest absolute Gasteiger partial charge is 0.417 e. The van der Waals surface area contributed by atoms with Gasteiger partial charge >= 0.3 is 6.18 Å². The van der Waals surface area contributed by atoms with Gasteiger partial charge in [-0.05, 0) is 63.6 Å². The van der Waals surface area contributed by atoms with E-state index >= 15 is 0 Å². The number of nitrogens with one attached hydrogen (secondary N) is 1. The number of hydrogen-bond donors (Lipinski definition) is 1. The van der Waals surface area contributed by atoms with Crippen LogP contribution in [-0.2, 0) is 12.7 Å². The van der Waals surface area contributed by atoms with Crippen LogP contribution in [0.4, 0.5) is 22.7 Å². The fraction of sp³-hybridized carbons (Fsp3) is 0.433. The normalized spacial score (nSPS) is 22.6. The van der Waals surface area contributed by atoms with Crippen LogP contribution in [0.25, 0.3) is 21.5 Å². The summed E-state index contributed by atoms with van der Waals surface area (Å²) in [7, 11) is 0. The minimum atomic E-state index is -4.50. The van der Waals surface area contributed by atoms with E-state index in [-0.39, 0.29) is 41.1 Å². The Labute approximate surface area is 237 Å². The summed E-state index contributed by atoms with van der Waals surface area (Å²) in [5, 5.41) is 8.53. The molecule has 11 heteroatoms. The van der Waals surface area contributed by atoms with Gasteiger partial charge in [0, 0.05) is 47.3 Å². The van der Waals surface area contributed by atoms with Crippen molar-refractivity contribution in [1.29, 1.82) is 0 Å². The predicted molar refractivity (Wildman–Crippen MR) is 148 cm³/mol. The molecule has 0 radical (unpaired) electrons. The second kappa shape index (κ2) is 9.90. The Morgan fingerprint density at radius 2 is 1.85 bits per heavy atom. The van der Waals surface area contributed by atoms with Gasteiger partial charge in [-0.15, -0.1) is 0 Å². The molecule has 3 aliphatic rings. The lowest BCUT2D eigenvalue weighted by molar-refractivity contribution is -0.137. The highest BCUT2D eigenvalue weighted by molar-refractivity contribution is 7.22. The quantitative estimate of drug-likeness (QED) is 0.179. The molecular weight excluding hydrogens is 556 g/mol. The second-order valence-electron chi connectivity index (χ2n) is 11.4. The van der Waals surface area contributed by atoms with Crippen molar-refractivity contribution in [3.05, 3.63) is 64.7 Å². The number of fused-ring (bicyclic) bond motifs is 3. The molecule has 4 heterocycles. The molecule has 2 unspecified atom stereocenters. The molecule has 7 rings (SSSR count). The monoisotopic (exact) mass is 584 g/mol. The molecule has 2 saturated heterocycles. The van der Waals surface area contributed by atoms with Crippen molar-refractivity contribution in [2.45, 2.75) is 82.2 Å². The molecule has 214 valence electrons. The van der Waals surface area contributed by atoms with Gasteiger partial charge in [-0.25, -0.2) is 9.37 Å². The van der Waals surface area contributed by atoms with Gasteiger partial charge in [0.2, 0.25) is 0 Å². The van der Waals surface area contributed by atoms with Crippen LogP contribution in [0.2, 0.25) is 0 Å². The lowest BCUT2D eigenvalue weighted by Crippen LogP contribution is -2.49. The smallest absolute Gasteiger partial charge is 0.360 e. The van der Waals surface area contributed by atoms with E-state index in [1.807, 2.05) is 0 Å². The molecule has 2 atom stereocenters. The average Bonchev–Trinajstić information content (AvgIpc) is 3.44. The molecule has 1 aliphatic carbocycles. The van der Waals surface area contributed by atoms with Crippen LogP contribution in [-0.4, -0.2) is 34.0 Å². The Morgan fingerprint density at radius 1 is 1.12 bits per heavy atom. The van der Waals surface area contributed by atoms with Gasteiger partial charge < -0.3 is 14.7 Å². The zero-order chi connectivity index (χ0) is 28.5. The van der Waals surface area contributed by atoms with E-state index in [0.29, 0.717) is 33.6 Å². The van der Waals surface area contributed by atoms with Crippen LogP contribution < -0.4 is 10.2 Å². The third kappa shape index (κ3) is 4.82. The number of ketones is 1. The number of benzene rings is 2. The van der Waals surface area contributed by atoms with Crippen LogP contribution >= 0.6 is 11.3 Å². The van der Waals surface area contributed by atoms with Gasteiger partial charge in [-0.1, -0.05) is 34.7 Å². The van der Waals surface area contributed by atoms with E-state index < -0.39 is 17.6 Å². The number of carbonyl (C=O) groups is 1. The van der Waals surface area contributed by atoms with E-state index in [2.05, 4.69) is 20.4 Å². The van der Waals surface area contributed by atoms with Crippen LogP contribution in [0.3, 0.4) is 0 Å². The molecule has 4 aromatic rings. The summed E-state index contributed by atoms with van der Waals surface area (Å²) in [6.45, 7) is 1.80. The molecule has 2 aliphatic heterocycles. The van der Waals surface area contributed by atoms with Crippen molar-refractivity contribution in [2.75, 3.05) is 4.90 Å². The SMILES string of the molecule is CC(=O)c1cc(F)c2nc(N3C4CCC3CC(NCc3c(-c5ccccc5C(F)(F)F)noc3C3CC3)C4)sc2c1. The maximum Gasteiger partial charge on any atom is 0.417 e. The van der Waals surface area contributed by atoms with Crippen LogP contribution in [0.15, 0.2) is 40.9 Å². The average molecular weight is 585 g/mol. The Morgan fingerprint density at radius 3 is 2.54 bits per heavy atom. The van der Waals surface area contributed by atoms with Gasteiger partial charge in [0.05, 0.1) is 10.3 Å². The molecule has 2 bridgehead atoms. The van der Waals surface area contributed by atoms with E-state index in [1.54, 1.807) is 12.1 Å². The molecule has 1 saturated carbocycles. The maximum absolute atomic E-state index is 14.7. The van der Waals surface area contributed by atoms with Crippen molar-refractivity contribution >= 4 is 32.5 Å². The fourth-order valence-corrected chi connectivity index (χ4v) is 7.66. The molecule has 3 fully saturated rings. The summed E-state index contributed by atoms with van der Waals surface area (Å²) in [6.07, 6.45) is 1.06. The number of carbonyl (C=O) groups excluding carboxylic acids is 1. The lowest BCUT2D eigenvalue weighted by Gasteiger charge is -2.39. The predicted octanol–water partition coefficient (Wildman–Crippen LogP) is 7.48. The zero-order valence-corrected chi connectivity index (χ0v) is 23.1. The van der Waals surface area contributed by atoms with Crippen molar-refractivity contribution in [2.24, 2.45) is 0 Å². The molecule has 2 aromatic heterocycles. The number of nitrogens with zero attached hydrogens (tertiary/aromatic N) is 3. The first-order valence-corrected chi connectivity index (χ1v) is 14.8. The molecule has 1 N–H and O–H groups in total. The number of halogens is 4. The number of thiazole rings is 1. The van der Waals surface area contributed by atoms with Gasteiger partial charge in [-0.2, -0.15) is 13.2 Å². The van der Waals surface area contributed by atoms with Crippen molar-refractivity contribution in [3.63, 3.8) is 0 Å². The third-order valence-electron chi connectivity index (χ3n) is 8.62. The molecule has 2 aromatic carbocycles. The first kappa shape index (κ1) is 26.6. The number of hydrogen-bond acceptors (Lipinski definition) is 7. The minimum Gasteiger partial charge on any atom is -0.360 e. The summed E-state index contributed by atoms with van der Waals surface area (Å²) in [5.74, 6) is 0.219. The minimum absolute atomic E-state index is 0.0401. The van der Waals surface area contributed by atoms with Crippen molar-refractivity contribution in [3.8, 4) is 11.3 Å². The van der Waals surface area contributed by atoms with Crippen LogP contribution in [0.1, 0.15) is 78.6 Å². The van der Waals surface area contributed by atoms with Crippen LogP contribution in [0, 0.1) is 5.82 Å². The first-order valence-electron chi connectivity index (χ1n) is 13.9. The number of anilines is 1. The molecule has 0 amide bonds. The van der Waals surface area contributed by atoms with Gasteiger partial charge in [-0.3, -0.25) is 4.79 Å². The highest BCUT2D eigenvalue weighted by Gasteiger charge is 2.43. The number of aromatic nitrogens is 2. The van der Waals surface area contributed by atoms with Gasteiger partial charge in [0.1, 0.15) is 17.0 Å². The van der Waals surface area contributed by atoms with Gasteiger partial charge in [0.15, 0.2) is 16.7 Å². The maximum atomic E-state index is 14.7. The molecule has 6 nitrogen and oxygen atoms in total. The molecule has 41 heavy (non-hydrogen) atoms. The standard InChI is InChI=1S/C30H28F4N4O2S/c1-15(39)17-10-24(31)27-25(11-17)41-29(36-27)38-19-8-9-20(38)13-18(12-19)35-14-22-26(37-40-28(22)16-6-7-16)21-4-2-3-5-23(21)30(32,33)34/h2-5,10-11,16,18-20,35H,6-9,12-14H2,1H3. The lowest BCUT2D eigenvalue weighted by atomic mass is 9.96. The van der Waals surface area contributed by atoms with Crippen LogP contribution in [0.5, 0.6) is 0 Å². The Balaban J connectivity index is 1.11. The van der Waals surface area contributed by atoms with E-state index in [4.69, 9.17) is 4.52 Å². The molecular formula is C30H28F4N4O2S. The molecule has 0 spiro atoms. The summed E-state index contributed by atoms with van der Waals surface area (Å²) in [6, 6.07) is 9.08. The fourth-order valence-electron chi connectivity index (χ4n) is 6.50. The Kier molecular flexibility index (Phi) is 6.42. The zero-order valence-electron chi connectivity index (χ0n) is 22.3. The summed E-state index contributed by atoms with van der Waals surface area (Å²) >= 11 is 1.41. The number of alkyl halides is 3. The topological polar surface area (TPSA) is 71.3 Å². The van der Waals surface area contributed by atoms with Crippen molar-refractivity contribution < 1.29 is 26.9 Å². The second-order valence-corrected chi connectivity index (χ2v) is 12.4. The van der Waals surface area contributed by atoms with E-state index in [9.17, 15) is 22.4 Å². The van der Waals surface area contributed by atoms with E-state index in [0.717, 1.165) is 49.7 Å². The van der Waals surface area contributed by atoms with E-state index in [1.165, 1.54) is 36.5 Å². The number of piperidine rings is 1. The Hall–Kier alpha value is -3.31. The van der Waals surface area contributed by atoms with Crippen molar-refractivity contribution in [1.82, 2.24) is 15.5 Å². The highest BCUT2D eigenvalue weighted by atomic mass is 32.1. The number of Topliss-reactive ketones (excluding diaryl/α,β-unsaturated/α-hetero) is 1. The van der Waals surface area contributed by atoms with Gasteiger partial charge in [0.25, 0.3) is 0 Å². The highest BCUT2D eigenvalue weighted by Crippen LogP contribution is 2.46. The Bertz CT molecular complexity index is 1630. The summed E-state index contributed by atoms with van der Waals surface area (Å²) in [5.41, 5.74) is 0.925.